The highest BCUT2D eigenvalue weighted by molar-refractivity contribution is 5.86. The van der Waals surface area contributed by atoms with Crippen LogP contribution in [0.2, 0.25) is 0 Å². The Bertz CT molecular complexity index is 1030. The molecule has 168 valence electrons. The van der Waals surface area contributed by atoms with Crippen LogP contribution in [0.4, 0.5) is 0 Å². The maximum atomic E-state index is 11.0. The van der Waals surface area contributed by atoms with E-state index >= 15 is 0 Å². The van der Waals surface area contributed by atoms with E-state index in [1.807, 2.05) is 0 Å². The summed E-state index contributed by atoms with van der Waals surface area (Å²) in [4.78, 5) is 0. The monoisotopic (exact) mass is 429 g/mol. The van der Waals surface area contributed by atoms with E-state index in [4.69, 9.17) is 4.74 Å². The number of rotatable bonds is 5. The van der Waals surface area contributed by atoms with E-state index in [0.717, 1.165) is 5.56 Å². The van der Waals surface area contributed by atoms with Gasteiger partial charge in [0.15, 0.2) is 0 Å². The van der Waals surface area contributed by atoms with Gasteiger partial charge in [0.1, 0.15) is 0 Å². The van der Waals surface area contributed by atoms with Crippen LogP contribution in [0.5, 0.6) is 0 Å². The first kappa shape index (κ1) is 21.6. The molecule has 1 saturated heterocycles. The van der Waals surface area contributed by atoms with Gasteiger partial charge < -0.3 is 15.2 Å². The average Bonchev–Trinajstić information content (AvgIpc) is 2.84. The third-order valence-corrected chi connectivity index (χ3v) is 7.69. The highest BCUT2D eigenvalue weighted by Crippen LogP contribution is 2.37. The number of nitrogens with one attached hydrogen (secondary N) is 1. The molecule has 1 saturated carbocycles. The number of hydrogen-bond acceptors (Lipinski definition) is 3. The van der Waals surface area contributed by atoms with Crippen molar-refractivity contribution in [1.82, 2.24) is 5.32 Å². The molecule has 3 nitrogen and oxygen atoms in total. The summed E-state index contributed by atoms with van der Waals surface area (Å²) in [6.45, 7) is 3.58. The molecular weight excluding hydrogens is 394 g/mol. The number of fused-ring (bicyclic) bond motifs is 1. The molecule has 5 rings (SSSR count). The SMILES string of the molecule is CC(NC1CCCC(c2ccc(C3(O)CCOCC3)cc2)C1)c1cccc2ccccc12. The van der Waals surface area contributed by atoms with Gasteiger partial charge in [0.25, 0.3) is 0 Å². The molecule has 32 heavy (non-hydrogen) atoms. The minimum atomic E-state index is -0.721. The summed E-state index contributed by atoms with van der Waals surface area (Å²) >= 11 is 0. The molecular formula is C29H35NO2. The Balaban J connectivity index is 1.26. The topological polar surface area (TPSA) is 41.5 Å². The normalized spacial score (nSPS) is 24.3. The van der Waals surface area contributed by atoms with Crippen LogP contribution in [0.15, 0.2) is 66.7 Å². The van der Waals surface area contributed by atoms with Crippen LogP contribution in [0.1, 0.15) is 74.1 Å². The van der Waals surface area contributed by atoms with Gasteiger partial charge in [0.2, 0.25) is 0 Å². The number of benzene rings is 3. The third-order valence-electron chi connectivity index (χ3n) is 7.69. The molecule has 3 aromatic rings. The molecule has 1 heterocycles. The molecule has 1 aliphatic heterocycles. The summed E-state index contributed by atoms with van der Waals surface area (Å²) in [5.74, 6) is 0.583. The fraction of sp³-hybridized carbons (Fsp3) is 0.448. The smallest absolute Gasteiger partial charge is 0.0940 e. The van der Waals surface area contributed by atoms with Gasteiger partial charge in [-0.3, -0.25) is 0 Å². The maximum absolute atomic E-state index is 11.0. The number of aliphatic hydroxyl groups is 1. The lowest BCUT2D eigenvalue weighted by molar-refractivity contribution is -0.0679. The third kappa shape index (κ3) is 4.47. The molecule has 0 amide bonds. The van der Waals surface area contributed by atoms with Crippen molar-refractivity contribution in [3.05, 3.63) is 83.4 Å². The summed E-state index contributed by atoms with van der Waals surface area (Å²) in [5, 5.41) is 17.6. The van der Waals surface area contributed by atoms with E-state index in [1.54, 1.807) is 0 Å². The molecule has 3 unspecified atom stereocenters. The van der Waals surface area contributed by atoms with Crippen molar-refractivity contribution >= 4 is 10.8 Å². The van der Waals surface area contributed by atoms with Gasteiger partial charge in [-0.05, 0) is 59.6 Å². The minimum Gasteiger partial charge on any atom is -0.385 e. The number of ether oxygens (including phenoxy) is 1. The van der Waals surface area contributed by atoms with E-state index in [9.17, 15) is 5.11 Å². The quantitative estimate of drug-likeness (QED) is 0.506. The van der Waals surface area contributed by atoms with Gasteiger partial charge in [-0.1, -0.05) is 73.2 Å². The van der Waals surface area contributed by atoms with Gasteiger partial charge in [-0.25, -0.2) is 0 Å². The Morgan fingerprint density at radius 3 is 2.50 bits per heavy atom. The first-order valence-electron chi connectivity index (χ1n) is 12.3. The van der Waals surface area contributed by atoms with E-state index in [1.165, 1.54) is 47.6 Å². The zero-order chi connectivity index (χ0) is 22.0. The lowest BCUT2D eigenvalue weighted by Crippen LogP contribution is -2.35. The van der Waals surface area contributed by atoms with E-state index in [2.05, 4.69) is 79.0 Å². The summed E-state index contributed by atoms with van der Waals surface area (Å²) in [6, 6.07) is 25.0. The predicted octanol–water partition coefficient (Wildman–Crippen LogP) is 6.21. The maximum Gasteiger partial charge on any atom is 0.0940 e. The van der Waals surface area contributed by atoms with Gasteiger partial charge in [0.05, 0.1) is 5.60 Å². The molecule has 0 bridgehead atoms. The van der Waals surface area contributed by atoms with Gasteiger partial charge in [-0.15, -0.1) is 0 Å². The molecule has 3 heteroatoms. The largest absolute Gasteiger partial charge is 0.385 e. The Morgan fingerprint density at radius 2 is 1.69 bits per heavy atom. The number of hydrogen-bond donors (Lipinski definition) is 2. The molecule has 2 aliphatic rings. The van der Waals surface area contributed by atoms with Crippen LogP contribution in [-0.4, -0.2) is 24.4 Å². The van der Waals surface area contributed by atoms with Crippen molar-refractivity contribution in [1.29, 1.82) is 0 Å². The van der Waals surface area contributed by atoms with E-state index in [-0.39, 0.29) is 0 Å². The summed E-state index contributed by atoms with van der Waals surface area (Å²) in [7, 11) is 0. The van der Waals surface area contributed by atoms with Crippen molar-refractivity contribution in [3.8, 4) is 0 Å². The molecule has 3 atom stereocenters. The van der Waals surface area contributed by atoms with E-state index in [0.29, 0.717) is 44.1 Å². The second kappa shape index (κ2) is 9.35. The fourth-order valence-electron chi connectivity index (χ4n) is 5.78. The Kier molecular flexibility index (Phi) is 6.32. The molecule has 0 radical (unpaired) electrons. The second-order valence-corrected chi connectivity index (χ2v) is 9.78. The zero-order valence-corrected chi connectivity index (χ0v) is 19.1. The van der Waals surface area contributed by atoms with Crippen molar-refractivity contribution in [2.24, 2.45) is 0 Å². The second-order valence-electron chi connectivity index (χ2n) is 9.78. The van der Waals surface area contributed by atoms with Crippen LogP contribution in [0.25, 0.3) is 10.8 Å². The fourth-order valence-corrected chi connectivity index (χ4v) is 5.78. The molecule has 0 aromatic heterocycles. The first-order chi connectivity index (χ1) is 15.6. The predicted molar refractivity (Wildman–Crippen MR) is 131 cm³/mol. The lowest BCUT2D eigenvalue weighted by Gasteiger charge is -2.34. The Labute approximate surface area is 191 Å². The van der Waals surface area contributed by atoms with Crippen LogP contribution in [0.3, 0.4) is 0 Å². The minimum absolute atomic E-state index is 0.329. The van der Waals surface area contributed by atoms with Crippen LogP contribution >= 0.6 is 0 Å². The van der Waals surface area contributed by atoms with Crippen LogP contribution < -0.4 is 5.32 Å². The van der Waals surface area contributed by atoms with Gasteiger partial charge >= 0.3 is 0 Å². The zero-order valence-electron chi connectivity index (χ0n) is 19.1. The Hall–Kier alpha value is -2.20. The molecule has 2 N–H and O–H groups in total. The summed E-state index contributed by atoms with van der Waals surface area (Å²) in [6.07, 6.45) is 6.30. The van der Waals surface area contributed by atoms with Crippen molar-refractivity contribution in [2.45, 2.75) is 69.1 Å². The average molecular weight is 430 g/mol. The molecule has 2 fully saturated rings. The van der Waals surface area contributed by atoms with Gasteiger partial charge in [-0.2, -0.15) is 0 Å². The van der Waals surface area contributed by atoms with Crippen molar-refractivity contribution in [3.63, 3.8) is 0 Å². The van der Waals surface area contributed by atoms with Crippen molar-refractivity contribution < 1.29 is 9.84 Å². The standard InChI is InChI=1S/C29H35NO2/c1-21(27-11-5-7-23-6-2-3-10-28(23)27)30-26-9-4-8-24(20-26)22-12-14-25(15-13-22)29(31)16-18-32-19-17-29/h2-3,5-7,10-15,21,24,26,30-31H,4,8-9,16-20H2,1H3. The van der Waals surface area contributed by atoms with Crippen LogP contribution in [-0.2, 0) is 10.3 Å². The van der Waals surface area contributed by atoms with Gasteiger partial charge in [0, 0.05) is 38.1 Å². The summed E-state index contributed by atoms with van der Waals surface area (Å²) in [5.41, 5.74) is 3.12. The van der Waals surface area contributed by atoms with Crippen molar-refractivity contribution in [2.75, 3.05) is 13.2 Å². The molecule has 0 spiro atoms. The highest BCUT2D eigenvalue weighted by atomic mass is 16.5. The molecule has 3 aromatic carbocycles. The van der Waals surface area contributed by atoms with Crippen LogP contribution in [0, 0.1) is 0 Å². The Morgan fingerprint density at radius 1 is 0.938 bits per heavy atom. The summed E-state index contributed by atoms with van der Waals surface area (Å²) < 4.78 is 5.44. The highest BCUT2D eigenvalue weighted by Gasteiger charge is 2.32. The molecule has 1 aliphatic carbocycles. The van der Waals surface area contributed by atoms with E-state index < -0.39 is 5.60 Å². The lowest BCUT2D eigenvalue weighted by atomic mass is 9.79. The first-order valence-corrected chi connectivity index (χ1v) is 12.3.